The van der Waals surface area contributed by atoms with Gasteiger partial charge in [0, 0.05) is 18.2 Å². The number of aromatic nitrogens is 2. The van der Waals surface area contributed by atoms with Gasteiger partial charge in [0.05, 0.1) is 27.3 Å². The number of nitrogens with one attached hydrogen (secondary N) is 1. The number of amides is 1. The van der Waals surface area contributed by atoms with E-state index in [0.29, 0.717) is 22.5 Å². The molecule has 156 valence electrons. The second-order valence-electron chi connectivity index (χ2n) is 6.60. The molecule has 2 aromatic carbocycles. The molecule has 0 saturated carbocycles. The van der Waals surface area contributed by atoms with Gasteiger partial charge in [0.2, 0.25) is 5.91 Å². The Bertz CT molecular complexity index is 1180. The quantitative estimate of drug-likeness (QED) is 0.261. The molecule has 0 aliphatic rings. The fraction of sp³-hybridized carbons (Fsp3) is 0.250. The molecule has 8 nitrogen and oxygen atoms in total. The minimum absolute atomic E-state index is 0.130. The topological polar surface area (TPSA) is 107 Å². The molecule has 1 N–H and O–H groups in total. The number of non-ortho nitro benzene ring substituents is 1. The number of fused-ring (bicyclic) bond motifs is 1. The maximum absolute atomic E-state index is 13.9. The molecule has 10 heteroatoms. The van der Waals surface area contributed by atoms with Gasteiger partial charge >= 0.3 is 0 Å². The van der Waals surface area contributed by atoms with Crippen LogP contribution in [-0.4, -0.2) is 26.1 Å². The fourth-order valence-electron chi connectivity index (χ4n) is 2.84. The molecule has 0 unspecified atom stereocenters. The lowest BCUT2D eigenvalue weighted by Crippen LogP contribution is -2.26. The van der Waals surface area contributed by atoms with E-state index in [2.05, 4.69) is 10.3 Å². The van der Waals surface area contributed by atoms with Gasteiger partial charge in [0.1, 0.15) is 5.82 Å². The average molecular weight is 430 g/mol. The number of nitro benzene ring substituents is 1. The molecule has 1 atom stereocenters. The molecular formula is C20H19FN4O4S. The second kappa shape index (κ2) is 9.04. The van der Waals surface area contributed by atoms with Crippen molar-refractivity contribution in [2.45, 2.75) is 31.5 Å². The van der Waals surface area contributed by atoms with Crippen molar-refractivity contribution in [3.63, 3.8) is 0 Å². The van der Waals surface area contributed by atoms with E-state index in [9.17, 15) is 24.1 Å². The van der Waals surface area contributed by atoms with Gasteiger partial charge in [-0.15, -0.1) is 0 Å². The van der Waals surface area contributed by atoms with Crippen molar-refractivity contribution in [1.29, 1.82) is 0 Å². The first-order chi connectivity index (χ1) is 14.3. The fourth-order valence-corrected chi connectivity index (χ4v) is 3.73. The van der Waals surface area contributed by atoms with Crippen LogP contribution in [0.4, 0.5) is 15.8 Å². The predicted molar refractivity (Wildman–Crippen MR) is 113 cm³/mol. The van der Waals surface area contributed by atoms with E-state index in [1.54, 1.807) is 28.8 Å². The lowest BCUT2D eigenvalue weighted by molar-refractivity contribution is -0.384. The van der Waals surface area contributed by atoms with Crippen LogP contribution in [0.1, 0.15) is 26.3 Å². The third-order valence-electron chi connectivity index (χ3n) is 4.57. The number of halogens is 1. The largest absolute Gasteiger partial charge is 0.323 e. The smallest absolute Gasteiger partial charge is 0.271 e. The Morgan fingerprint density at radius 1 is 1.33 bits per heavy atom. The van der Waals surface area contributed by atoms with E-state index in [0.717, 1.165) is 30.0 Å². The first kappa shape index (κ1) is 21.4. The molecule has 1 heterocycles. The maximum atomic E-state index is 13.9. The SMILES string of the molecule is CC[C@@H](C)n1c(SCC(=O)Nc2cc([N+](=O)[O-])ccc2F)nc2ccccc2c1=O. The van der Waals surface area contributed by atoms with E-state index in [4.69, 9.17) is 0 Å². The summed E-state index contributed by atoms with van der Waals surface area (Å²) in [6.45, 7) is 3.83. The molecule has 30 heavy (non-hydrogen) atoms. The van der Waals surface area contributed by atoms with E-state index in [1.165, 1.54) is 0 Å². The molecule has 3 rings (SSSR count). The number of carbonyl (C=O) groups is 1. The standard InChI is InChI=1S/C20H19FN4O4S/c1-3-12(2)24-19(27)14-6-4-5-7-16(14)23-20(24)30-11-18(26)22-17-10-13(25(28)29)8-9-15(17)21/h4-10,12H,3,11H2,1-2H3,(H,22,26)/t12-/m1/s1. The van der Waals surface area contributed by atoms with Crippen LogP contribution in [0.15, 0.2) is 52.4 Å². The molecule has 3 aromatic rings. The van der Waals surface area contributed by atoms with Crippen LogP contribution in [0.5, 0.6) is 0 Å². The predicted octanol–water partition coefficient (Wildman–Crippen LogP) is 4.15. The first-order valence-electron chi connectivity index (χ1n) is 9.19. The summed E-state index contributed by atoms with van der Waals surface area (Å²) in [5, 5.41) is 14.1. The lowest BCUT2D eigenvalue weighted by Gasteiger charge is -2.18. The number of carbonyl (C=O) groups excluding carboxylic acids is 1. The summed E-state index contributed by atoms with van der Waals surface area (Å²) in [5.74, 6) is -1.50. The van der Waals surface area contributed by atoms with Gasteiger partial charge in [-0.25, -0.2) is 9.37 Å². The number of hydrogen-bond acceptors (Lipinski definition) is 6. The van der Waals surface area contributed by atoms with Crippen molar-refractivity contribution < 1.29 is 14.1 Å². The van der Waals surface area contributed by atoms with Crippen molar-refractivity contribution in [3.8, 4) is 0 Å². The molecule has 1 aromatic heterocycles. The molecule has 0 aliphatic carbocycles. The lowest BCUT2D eigenvalue weighted by atomic mass is 10.2. The Morgan fingerprint density at radius 2 is 2.07 bits per heavy atom. The monoisotopic (exact) mass is 430 g/mol. The van der Waals surface area contributed by atoms with Crippen molar-refractivity contribution in [2.24, 2.45) is 0 Å². The zero-order valence-corrected chi connectivity index (χ0v) is 17.1. The van der Waals surface area contributed by atoms with Crippen LogP contribution in [0, 0.1) is 15.9 Å². The van der Waals surface area contributed by atoms with Crippen molar-refractivity contribution in [3.05, 3.63) is 68.7 Å². The number of thioether (sulfide) groups is 1. The van der Waals surface area contributed by atoms with Crippen LogP contribution in [0.2, 0.25) is 0 Å². The summed E-state index contributed by atoms with van der Waals surface area (Å²) in [7, 11) is 0. The summed E-state index contributed by atoms with van der Waals surface area (Å²) in [6.07, 6.45) is 0.693. The zero-order valence-electron chi connectivity index (χ0n) is 16.3. The van der Waals surface area contributed by atoms with Crippen LogP contribution in [0.25, 0.3) is 10.9 Å². The molecular weight excluding hydrogens is 411 g/mol. The van der Waals surface area contributed by atoms with Gasteiger partial charge in [-0.3, -0.25) is 24.3 Å². The van der Waals surface area contributed by atoms with Crippen LogP contribution >= 0.6 is 11.8 Å². The number of rotatable bonds is 7. The number of nitrogens with zero attached hydrogens (tertiary/aromatic N) is 3. The maximum Gasteiger partial charge on any atom is 0.271 e. The van der Waals surface area contributed by atoms with Crippen molar-refractivity contribution >= 4 is 39.9 Å². The summed E-state index contributed by atoms with van der Waals surface area (Å²) < 4.78 is 15.4. The number of para-hydroxylation sites is 1. The highest BCUT2D eigenvalue weighted by atomic mass is 32.2. The van der Waals surface area contributed by atoms with Gasteiger partial charge in [0.25, 0.3) is 11.2 Å². The minimum atomic E-state index is -0.778. The Labute approximate surface area is 175 Å². The third kappa shape index (κ3) is 4.48. The average Bonchev–Trinajstić information content (AvgIpc) is 2.73. The summed E-state index contributed by atoms with van der Waals surface area (Å²) in [4.78, 5) is 40.0. The number of benzene rings is 2. The second-order valence-corrected chi connectivity index (χ2v) is 7.54. The molecule has 0 aliphatic heterocycles. The molecule has 0 radical (unpaired) electrons. The molecule has 0 spiro atoms. The Kier molecular flexibility index (Phi) is 6.46. The summed E-state index contributed by atoms with van der Waals surface area (Å²) in [5.41, 5.74) is -0.279. The van der Waals surface area contributed by atoms with Crippen molar-refractivity contribution in [2.75, 3.05) is 11.1 Å². The van der Waals surface area contributed by atoms with Gasteiger partial charge in [-0.05, 0) is 31.5 Å². The molecule has 0 bridgehead atoms. The third-order valence-corrected chi connectivity index (χ3v) is 5.53. The minimum Gasteiger partial charge on any atom is -0.323 e. The van der Waals surface area contributed by atoms with Gasteiger partial charge in [-0.2, -0.15) is 0 Å². The molecule has 0 saturated heterocycles. The number of anilines is 1. The van der Waals surface area contributed by atoms with E-state index in [1.807, 2.05) is 13.8 Å². The summed E-state index contributed by atoms with van der Waals surface area (Å²) >= 11 is 1.05. The van der Waals surface area contributed by atoms with Crippen molar-refractivity contribution in [1.82, 2.24) is 9.55 Å². The van der Waals surface area contributed by atoms with Gasteiger partial charge < -0.3 is 5.32 Å². The van der Waals surface area contributed by atoms with Crippen LogP contribution < -0.4 is 10.9 Å². The highest BCUT2D eigenvalue weighted by Crippen LogP contribution is 2.24. The van der Waals surface area contributed by atoms with Crippen LogP contribution in [-0.2, 0) is 4.79 Å². The van der Waals surface area contributed by atoms with E-state index in [-0.39, 0.29) is 28.7 Å². The molecule has 0 fully saturated rings. The van der Waals surface area contributed by atoms with Crippen LogP contribution in [0.3, 0.4) is 0 Å². The Hall–Kier alpha value is -3.27. The zero-order chi connectivity index (χ0) is 21.8. The van der Waals surface area contributed by atoms with E-state index < -0.39 is 16.6 Å². The van der Waals surface area contributed by atoms with E-state index >= 15 is 0 Å². The van der Waals surface area contributed by atoms with Gasteiger partial charge in [0.15, 0.2) is 5.16 Å². The Morgan fingerprint density at radius 3 is 2.77 bits per heavy atom. The number of hydrogen-bond donors (Lipinski definition) is 1. The van der Waals surface area contributed by atoms with Gasteiger partial charge in [-0.1, -0.05) is 30.8 Å². The highest BCUT2D eigenvalue weighted by molar-refractivity contribution is 7.99. The normalized spacial score (nSPS) is 12.0. The number of nitro groups is 1. The summed E-state index contributed by atoms with van der Waals surface area (Å²) in [6, 6.07) is 9.73. The highest BCUT2D eigenvalue weighted by Gasteiger charge is 2.18. The Balaban J connectivity index is 1.85. The molecule has 1 amide bonds. The first-order valence-corrected chi connectivity index (χ1v) is 10.2.